The molecule has 1 aromatic heterocycles. The number of aromatic nitrogens is 1. The van der Waals surface area contributed by atoms with Crippen LogP contribution in [0.3, 0.4) is 0 Å². The van der Waals surface area contributed by atoms with Crippen molar-refractivity contribution in [2.45, 2.75) is 25.2 Å². The van der Waals surface area contributed by atoms with E-state index >= 15 is 0 Å². The summed E-state index contributed by atoms with van der Waals surface area (Å²) >= 11 is 7.90. The lowest BCUT2D eigenvalue weighted by Gasteiger charge is -2.07. The molecule has 1 aromatic carbocycles. The molecular formula is C12H12Br2N2O2S2. The Hall–Kier alpha value is -0.440. The van der Waals surface area contributed by atoms with Crippen molar-refractivity contribution in [2.24, 2.45) is 0 Å². The van der Waals surface area contributed by atoms with E-state index in [0.717, 1.165) is 21.5 Å². The van der Waals surface area contributed by atoms with E-state index in [9.17, 15) is 8.42 Å². The Morgan fingerprint density at radius 2 is 2.05 bits per heavy atom. The summed E-state index contributed by atoms with van der Waals surface area (Å²) in [7, 11) is -3.64. The molecule has 0 aliphatic rings. The Kier molecular flexibility index (Phi) is 4.88. The van der Waals surface area contributed by atoms with Crippen molar-refractivity contribution >= 4 is 58.4 Å². The zero-order valence-corrected chi connectivity index (χ0v) is 15.6. The summed E-state index contributed by atoms with van der Waals surface area (Å²) in [6, 6.07) is 4.92. The van der Waals surface area contributed by atoms with Crippen LogP contribution in [-0.2, 0) is 16.4 Å². The number of hydrogen-bond acceptors (Lipinski definition) is 4. The van der Waals surface area contributed by atoms with Gasteiger partial charge in [0, 0.05) is 13.8 Å². The summed E-state index contributed by atoms with van der Waals surface area (Å²) < 4.78 is 28.5. The van der Waals surface area contributed by atoms with E-state index < -0.39 is 10.0 Å². The van der Waals surface area contributed by atoms with Crippen LogP contribution >= 0.6 is 43.2 Å². The third-order valence-electron chi connectivity index (χ3n) is 2.63. The van der Waals surface area contributed by atoms with Gasteiger partial charge in [-0.2, -0.15) is 0 Å². The van der Waals surface area contributed by atoms with Gasteiger partial charge in [-0.15, -0.1) is 11.3 Å². The molecule has 0 saturated carbocycles. The van der Waals surface area contributed by atoms with Crippen LogP contribution in [0, 0.1) is 6.92 Å². The predicted molar refractivity (Wildman–Crippen MR) is 88.9 cm³/mol. The summed E-state index contributed by atoms with van der Waals surface area (Å²) in [5.41, 5.74) is 0.919. The highest BCUT2D eigenvalue weighted by Gasteiger charge is 2.20. The lowest BCUT2D eigenvalue weighted by Crippen LogP contribution is -2.13. The van der Waals surface area contributed by atoms with E-state index in [4.69, 9.17) is 0 Å². The van der Waals surface area contributed by atoms with Gasteiger partial charge in [0.1, 0.15) is 4.90 Å². The molecule has 8 heteroatoms. The summed E-state index contributed by atoms with van der Waals surface area (Å²) in [5.74, 6) is 0. The summed E-state index contributed by atoms with van der Waals surface area (Å²) in [6.07, 6.45) is 0.784. The maximum absolute atomic E-state index is 12.4. The van der Waals surface area contributed by atoms with E-state index in [0.29, 0.717) is 9.60 Å². The highest BCUT2D eigenvalue weighted by Crippen LogP contribution is 2.29. The van der Waals surface area contributed by atoms with Crippen molar-refractivity contribution < 1.29 is 8.42 Å². The van der Waals surface area contributed by atoms with E-state index in [1.165, 1.54) is 17.4 Å². The van der Waals surface area contributed by atoms with Crippen LogP contribution in [-0.4, -0.2) is 13.4 Å². The van der Waals surface area contributed by atoms with Crippen LogP contribution in [0.2, 0.25) is 0 Å². The average molecular weight is 440 g/mol. The lowest BCUT2D eigenvalue weighted by molar-refractivity contribution is 0.600. The smallest absolute Gasteiger partial charge is 0.255 e. The molecule has 0 unspecified atom stereocenters. The number of thiazole rings is 1. The number of hydrogen-bond donors (Lipinski definition) is 1. The van der Waals surface area contributed by atoms with E-state index in [1.54, 1.807) is 12.1 Å². The number of sulfonamides is 1. The maximum Gasteiger partial charge on any atom is 0.264 e. The largest absolute Gasteiger partial charge is 0.264 e. The molecule has 4 nitrogen and oxygen atoms in total. The molecule has 0 radical (unpaired) electrons. The molecule has 108 valence electrons. The second-order valence-corrected chi connectivity index (χ2v) is 8.68. The van der Waals surface area contributed by atoms with Crippen molar-refractivity contribution in [2.75, 3.05) is 4.72 Å². The van der Waals surface area contributed by atoms with Gasteiger partial charge in [0.2, 0.25) is 0 Å². The Morgan fingerprint density at radius 1 is 1.35 bits per heavy atom. The summed E-state index contributed by atoms with van der Waals surface area (Å²) in [4.78, 5) is 5.50. The zero-order valence-electron chi connectivity index (χ0n) is 10.8. The fraction of sp³-hybridized carbons (Fsp3) is 0.250. The predicted octanol–water partition coefficient (Wildman–Crippen LogP) is 4.34. The Morgan fingerprint density at radius 3 is 2.60 bits per heavy atom. The van der Waals surface area contributed by atoms with Crippen molar-refractivity contribution in [1.82, 2.24) is 4.98 Å². The molecule has 1 heterocycles. The number of halogens is 2. The first kappa shape index (κ1) is 15.9. The molecule has 0 aliphatic carbocycles. The minimum Gasteiger partial charge on any atom is -0.255 e. The standard InChI is InChI=1S/C12H12Br2N2O2S2/c1-3-10-7(2)19-12(15-10)16-20(17,18)11-5-4-8(13)6-9(11)14/h4-6H,3H2,1-2H3,(H,15,16). The molecule has 2 rings (SSSR count). The molecule has 1 N–H and O–H groups in total. The molecule has 0 bridgehead atoms. The van der Waals surface area contributed by atoms with E-state index in [1.807, 2.05) is 13.8 Å². The topological polar surface area (TPSA) is 59.1 Å². The van der Waals surface area contributed by atoms with Gasteiger partial charge in [0.25, 0.3) is 10.0 Å². The van der Waals surface area contributed by atoms with Crippen molar-refractivity contribution in [3.63, 3.8) is 0 Å². The van der Waals surface area contributed by atoms with Gasteiger partial charge in [0.05, 0.1) is 5.69 Å². The molecule has 0 saturated heterocycles. The van der Waals surface area contributed by atoms with Crippen LogP contribution in [0.15, 0.2) is 32.0 Å². The fourth-order valence-corrected chi connectivity index (χ4v) is 5.55. The van der Waals surface area contributed by atoms with Gasteiger partial charge in [-0.25, -0.2) is 13.4 Å². The van der Waals surface area contributed by atoms with E-state index in [2.05, 4.69) is 41.6 Å². The number of nitrogens with one attached hydrogen (secondary N) is 1. The fourth-order valence-electron chi connectivity index (χ4n) is 1.66. The van der Waals surface area contributed by atoms with Gasteiger partial charge < -0.3 is 0 Å². The molecule has 0 amide bonds. The van der Waals surface area contributed by atoms with Crippen LogP contribution in [0.5, 0.6) is 0 Å². The number of rotatable bonds is 4. The SMILES string of the molecule is CCc1nc(NS(=O)(=O)c2ccc(Br)cc2Br)sc1C. The molecule has 20 heavy (non-hydrogen) atoms. The molecular weight excluding hydrogens is 428 g/mol. The van der Waals surface area contributed by atoms with Gasteiger partial charge in [0.15, 0.2) is 5.13 Å². The van der Waals surface area contributed by atoms with Crippen LogP contribution in [0.25, 0.3) is 0 Å². The van der Waals surface area contributed by atoms with Crippen molar-refractivity contribution in [1.29, 1.82) is 0 Å². The Bertz CT molecular complexity index is 742. The van der Waals surface area contributed by atoms with Crippen LogP contribution in [0.4, 0.5) is 5.13 Å². The molecule has 0 fully saturated rings. The minimum atomic E-state index is -3.64. The van der Waals surface area contributed by atoms with Gasteiger partial charge in [-0.1, -0.05) is 22.9 Å². The third kappa shape index (κ3) is 3.41. The normalized spacial score (nSPS) is 11.6. The summed E-state index contributed by atoms with van der Waals surface area (Å²) in [6.45, 7) is 3.93. The highest BCUT2D eigenvalue weighted by atomic mass is 79.9. The van der Waals surface area contributed by atoms with Crippen LogP contribution < -0.4 is 4.72 Å². The van der Waals surface area contributed by atoms with E-state index in [-0.39, 0.29) is 4.90 Å². The average Bonchev–Trinajstić information content (AvgIpc) is 2.67. The monoisotopic (exact) mass is 438 g/mol. The second-order valence-electron chi connectivity index (χ2n) is 4.06. The number of aryl methyl sites for hydroxylation is 2. The van der Waals surface area contributed by atoms with Gasteiger partial charge in [-0.3, -0.25) is 4.72 Å². The maximum atomic E-state index is 12.4. The molecule has 0 aliphatic heterocycles. The van der Waals surface area contributed by atoms with Crippen LogP contribution in [0.1, 0.15) is 17.5 Å². The third-order valence-corrected chi connectivity index (χ3v) is 6.50. The Balaban J connectivity index is 2.35. The zero-order chi connectivity index (χ0) is 14.9. The van der Waals surface area contributed by atoms with Gasteiger partial charge in [-0.05, 0) is 47.5 Å². The number of nitrogens with zero attached hydrogens (tertiary/aromatic N) is 1. The lowest BCUT2D eigenvalue weighted by atomic mass is 10.3. The van der Waals surface area contributed by atoms with Gasteiger partial charge >= 0.3 is 0 Å². The Labute approximate surface area is 138 Å². The number of benzene rings is 1. The first-order chi connectivity index (χ1) is 9.33. The molecule has 0 spiro atoms. The van der Waals surface area contributed by atoms with Crippen molar-refractivity contribution in [3.05, 3.63) is 37.7 Å². The second kappa shape index (κ2) is 6.13. The summed E-state index contributed by atoms with van der Waals surface area (Å²) in [5, 5.41) is 0.397. The first-order valence-corrected chi connectivity index (χ1v) is 9.66. The van der Waals surface area contributed by atoms with Crippen molar-refractivity contribution in [3.8, 4) is 0 Å². The first-order valence-electron chi connectivity index (χ1n) is 5.77. The highest BCUT2D eigenvalue weighted by molar-refractivity contribution is 9.11. The number of anilines is 1. The minimum absolute atomic E-state index is 0.187. The molecule has 0 atom stereocenters. The molecule has 2 aromatic rings. The quantitative estimate of drug-likeness (QED) is 0.770.